The van der Waals surface area contributed by atoms with Crippen LogP contribution >= 0.6 is 11.6 Å². The van der Waals surface area contributed by atoms with E-state index in [2.05, 4.69) is 20.6 Å². The highest BCUT2D eigenvalue weighted by atomic mass is 35.5. The number of hydrogen-bond acceptors (Lipinski definition) is 6. The van der Waals surface area contributed by atoms with E-state index in [-0.39, 0.29) is 41.6 Å². The molecule has 3 rings (SSSR count). The zero-order valence-electron chi connectivity index (χ0n) is 14.2. The van der Waals surface area contributed by atoms with Crippen molar-refractivity contribution in [1.29, 1.82) is 0 Å². The van der Waals surface area contributed by atoms with Crippen molar-refractivity contribution in [2.75, 3.05) is 16.8 Å². The molecule has 0 saturated carbocycles. The molecule has 138 valence electrons. The van der Waals surface area contributed by atoms with Crippen LogP contribution in [0.1, 0.15) is 28.2 Å². The summed E-state index contributed by atoms with van der Waals surface area (Å²) in [6.45, 7) is 2.04. The van der Waals surface area contributed by atoms with Gasteiger partial charge in [0.05, 0.1) is 11.5 Å². The summed E-state index contributed by atoms with van der Waals surface area (Å²) >= 11 is 6.09. The van der Waals surface area contributed by atoms with Gasteiger partial charge in [-0.3, -0.25) is 4.79 Å². The smallest absolute Gasteiger partial charge is 0.270 e. The second-order valence-corrected chi connectivity index (χ2v) is 8.87. The van der Waals surface area contributed by atoms with Gasteiger partial charge in [-0.05, 0) is 31.0 Å². The lowest BCUT2D eigenvalue weighted by molar-refractivity contribution is 0.0945. The van der Waals surface area contributed by atoms with E-state index >= 15 is 0 Å². The van der Waals surface area contributed by atoms with Crippen molar-refractivity contribution in [3.05, 3.63) is 52.3 Å². The van der Waals surface area contributed by atoms with Crippen molar-refractivity contribution in [2.45, 2.75) is 25.9 Å². The Morgan fingerprint density at radius 3 is 2.77 bits per heavy atom. The summed E-state index contributed by atoms with van der Waals surface area (Å²) in [6, 6.07) is 8.61. The van der Waals surface area contributed by atoms with Gasteiger partial charge in [0.25, 0.3) is 5.91 Å². The SMILES string of the molecule is Cc1cc(C(=O)NCc2ccccc2Cl)nc(NC2CCS(=O)(=O)C2)n1. The van der Waals surface area contributed by atoms with Gasteiger partial charge in [-0.1, -0.05) is 29.8 Å². The van der Waals surface area contributed by atoms with Crippen molar-refractivity contribution in [1.82, 2.24) is 15.3 Å². The molecule has 1 saturated heterocycles. The molecule has 1 fully saturated rings. The first kappa shape index (κ1) is 18.6. The molecule has 0 bridgehead atoms. The number of nitrogens with one attached hydrogen (secondary N) is 2. The quantitative estimate of drug-likeness (QED) is 0.804. The molecule has 9 heteroatoms. The second-order valence-electron chi connectivity index (χ2n) is 6.24. The summed E-state index contributed by atoms with van der Waals surface area (Å²) < 4.78 is 23.1. The Labute approximate surface area is 157 Å². The van der Waals surface area contributed by atoms with Crippen LogP contribution in [0.25, 0.3) is 0 Å². The van der Waals surface area contributed by atoms with E-state index in [0.29, 0.717) is 17.1 Å². The van der Waals surface area contributed by atoms with Crippen LogP contribution in [0.3, 0.4) is 0 Å². The largest absolute Gasteiger partial charge is 0.350 e. The van der Waals surface area contributed by atoms with Crippen molar-refractivity contribution in [2.24, 2.45) is 0 Å². The van der Waals surface area contributed by atoms with E-state index in [0.717, 1.165) is 5.56 Å². The minimum Gasteiger partial charge on any atom is -0.350 e. The standard InChI is InChI=1S/C17H19ClN4O3S/c1-11-8-15(16(23)19-9-12-4-2-3-5-14(12)18)22-17(20-11)21-13-6-7-26(24,25)10-13/h2-5,8,13H,6-7,9-10H2,1H3,(H,19,23)(H,20,21,22). The van der Waals surface area contributed by atoms with E-state index in [1.165, 1.54) is 0 Å². The second kappa shape index (κ2) is 7.59. The fraction of sp³-hybridized carbons (Fsp3) is 0.353. The third-order valence-corrected chi connectivity index (χ3v) is 6.19. The molecule has 2 N–H and O–H groups in total. The maximum absolute atomic E-state index is 12.4. The number of benzene rings is 1. The number of sulfone groups is 1. The zero-order valence-corrected chi connectivity index (χ0v) is 15.8. The predicted molar refractivity (Wildman–Crippen MR) is 100 cm³/mol. The van der Waals surface area contributed by atoms with Crippen LogP contribution in [0.5, 0.6) is 0 Å². The Hall–Kier alpha value is -2.19. The molecule has 1 aliphatic rings. The molecule has 1 unspecified atom stereocenters. The van der Waals surface area contributed by atoms with Gasteiger partial charge in [-0.25, -0.2) is 18.4 Å². The number of halogens is 1. The highest BCUT2D eigenvalue weighted by molar-refractivity contribution is 7.91. The van der Waals surface area contributed by atoms with E-state index in [4.69, 9.17) is 11.6 Å². The maximum Gasteiger partial charge on any atom is 0.270 e. The molecule has 1 aromatic heterocycles. The van der Waals surface area contributed by atoms with Crippen molar-refractivity contribution >= 4 is 33.3 Å². The highest BCUT2D eigenvalue weighted by Gasteiger charge is 2.28. The van der Waals surface area contributed by atoms with Crippen molar-refractivity contribution < 1.29 is 13.2 Å². The minimum absolute atomic E-state index is 0.0539. The molecule has 1 amide bonds. The lowest BCUT2D eigenvalue weighted by atomic mass is 10.2. The van der Waals surface area contributed by atoms with Crippen LogP contribution in [0, 0.1) is 6.92 Å². The third-order valence-electron chi connectivity index (χ3n) is 4.05. The highest BCUT2D eigenvalue weighted by Crippen LogP contribution is 2.17. The number of carbonyl (C=O) groups is 1. The lowest BCUT2D eigenvalue weighted by Gasteiger charge is -2.12. The van der Waals surface area contributed by atoms with Gasteiger partial charge in [0.1, 0.15) is 5.69 Å². The van der Waals surface area contributed by atoms with Crippen LogP contribution in [0.4, 0.5) is 5.95 Å². The van der Waals surface area contributed by atoms with Gasteiger partial charge in [0.2, 0.25) is 5.95 Å². The number of anilines is 1. The van der Waals surface area contributed by atoms with E-state index in [1.807, 2.05) is 18.2 Å². The lowest BCUT2D eigenvalue weighted by Crippen LogP contribution is -2.26. The topological polar surface area (TPSA) is 101 Å². The Morgan fingerprint density at radius 1 is 1.31 bits per heavy atom. The molecule has 2 aromatic rings. The van der Waals surface area contributed by atoms with Gasteiger partial charge in [-0.2, -0.15) is 0 Å². The molecular weight excluding hydrogens is 376 g/mol. The molecule has 0 radical (unpaired) electrons. The first-order valence-electron chi connectivity index (χ1n) is 8.17. The number of aryl methyl sites for hydroxylation is 1. The fourth-order valence-corrected chi connectivity index (χ4v) is 4.62. The van der Waals surface area contributed by atoms with Crippen molar-refractivity contribution in [3.8, 4) is 0 Å². The Kier molecular flexibility index (Phi) is 5.43. The van der Waals surface area contributed by atoms with Gasteiger partial charge in [0.15, 0.2) is 9.84 Å². The number of hydrogen-bond donors (Lipinski definition) is 2. The maximum atomic E-state index is 12.4. The molecule has 7 nitrogen and oxygen atoms in total. The molecule has 1 atom stereocenters. The van der Waals surface area contributed by atoms with Crippen LogP contribution in [-0.2, 0) is 16.4 Å². The van der Waals surface area contributed by atoms with Gasteiger partial charge in [0, 0.05) is 23.3 Å². The summed E-state index contributed by atoms with van der Waals surface area (Å²) in [5, 5.41) is 6.37. The number of nitrogens with zero attached hydrogens (tertiary/aromatic N) is 2. The molecule has 1 aliphatic heterocycles. The first-order chi connectivity index (χ1) is 12.3. The van der Waals surface area contributed by atoms with Crippen LogP contribution in [-0.4, -0.2) is 41.8 Å². The van der Waals surface area contributed by atoms with Gasteiger partial charge in [-0.15, -0.1) is 0 Å². The van der Waals surface area contributed by atoms with E-state index in [1.54, 1.807) is 19.1 Å². The number of amides is 1. The Morgan fingerprint density at radius 2 is 2.08 bits per heavy atom. The van der Waals surface area contributed by atoms with Gasteiger partial charge >= 0.3 is 0 Å². The van der Waals surface area contributed by atoms with E-state index in [9.17, 15) is 13.2 Å². The summed E-state index contributed by atoms with van der Waals surface area (Å²) in [6.07, 6.45) is 0.508. The molecule has 0 aliphatic carbocycles. The monoisotopic (exact) mass is 394 g/mol. The summed E-state index contributed by atoms with van der Waals surface area (Å²) in [7, 11) is -3.01. The van der Waals surface area contributed by atoms with Crippen LogP contribution in [0.15, 0.2) is 30.3 Å². The van der Waals surface area contributed by atoms with E-state index < -0.39 is 9.84 Å². The normalized spacial score (nSPS) is 18.5. The average molecular weight is 395 g/mol. The molecule has 26 heavy (non-hydrogen) atoms. The third kappa shape index (κ3) is 4.70. The summed E-state index contributed by atoms with van der Waals surface area (Å²) in [4.78, 5) is 20.9. The Bertz CT molecular complexity index is 933. The summed E-state index contributed by atoms with van der Waals surface area (Å²) in [5.74, 6) is 0.118. The average Bonchev–Trinajstić information content (AvgIpc) is 2.92. The molecule has 0 spiro atoms. The predicted octanol–water partition coefficient (Wildman–Crippen LogP) is 1.97. The fourth-order valence-electron chi connectivity index (χ4n) is 2.75. The molecule has 1 aromatic carbocycles. The van der Waals surface area contributed by atoms with Crippen LogP contribution in [0.2, 0.25) is 5.02 Å². The Balaban J connectivity index is 1.68. The van der Waals surface area contributed by atoms with Crippen molar-refractivity contribution in [3.63, 3.8) is 0 Å². The molecular formula is C17H19ClN4O3S. The minimum atomic E-state index is -3.01. The number of rotatable bonds is 5. The zero-order chi connectivity index (χ0) is 18.7. The van der Waals surface area contributed by atoms with Gasteiger partial charge < -0.3 is 10.6 Å². The number of aromatic nitrogens is 2. The number of carbonyl (C=O) groups excluding carboxylic acids is 1. The van der Waals surface area contributed by atoms with Crippen LogP contribution < -0.4 is 10.6 Å². The summed E-state index contributed by atoms with van der Waals surface area (Å²) in [5.41, 5.74) is 1.64. The first-order valence-corrected chi connectivity index (χ1v) is 10.4. The molecule has 2 heterocycles.